The van der Waals surface area contributed by atoms with Crippen LogP contribution in [0, 0.1) is 41.4 Å². The third-order valence-electron chi connectivity index (χ3n) is 6.57. The third kappa shape index (κ3) is 2.66. The molecule has 0 radical (unpaired) electrons. The molecule has 1 amide bonds. The van der Waals surface area contributed by atoms with Gasteiger partial charge in [-0.2, -0.15) is 4.39 Å². The summed E-state index contributed by atoms with van der Waals surface area (Å²) in [7, 11) is 0. The van der Waals surface area contributed by atoms with Gasteiger partial charge in [0.15, 0.2) is 5.82 Å². The van der Waals surface area contributed by atoms with E-state index in [-0.39, 0.29) is 35.1 Å². The highest BCUT2D eigenvalue weighted by Gasteiger charge is 2.67. The Morgan fingerprint density at radius 3 is 2.56 bits per heavy atom. The van der Waals surface area contributed by atoms with Gasteiger partial charge >= 0.3 is 0 Å². The number of aromatic nitrogens is 1. The SMILES string of the molecule is O=C(Nc1ccc(Cl)c(Cl)c1)[C@H]1[C@H]2C[C@H]([C@@H]3C[C@@H]32)[C@H]1c1ccnc(F)c1F. The highest BCUT2D eigenvalue weighted by molar-refractivity contribution is 6.42. The van der Waals surface area contributed by atoms with Gasteiger partial charge in [-0.15, -0.1) is 0 Å². The maximum atomic E-state index is 14.5. The van der Waals surface area contributed by atoms with Gasteiger partial charge in [0, 0.05) is 23.7 Å². The van der Waals surface area contributed by atoms with Crippen LogP contribution in [-0.2, 0) is 4.79 Å². The third-order valence-corrected chi connectivity index (χ3v) is 7.31. The molecule has 140 valence electrons. The molecule has 1 aromatic carbocycles. The van der Waals surface area contributed by atoms with E-state index < -0.39 is 11.8 Å². The lowest BCUT2D eigenvalue weighted by molar-refractivity contribution is -0.122. The van der Waals surface area contributed by atoms with Gasteiger partial charge in [-0.25, -0.2) is 9.37 Å². The molecule has 1 aromatic heterocycles. The summed E-state index contributed by atoms with van der Waals surface area (Å²) in [6, 6.07) is 6.41. The van der Waals surface area contributed by atoms with Crippen molar-refractivity contribution in [1.29, 1.82) is 0 Å². The Labute approximate surface area is 165 Å². The summed E-state index contributed by atoms with van der Waals surface area (Å²) in [5, 5.41) is 3.65. The molecule has 6 atom stereocenters. The molecular formula is C20H16Cl2F2N2O. The number of nitrogens with one attached hydrogen (secondary N) is 1. The van der Waals surface area contributed by atoms with Crippen LogP contribution < -0.4 is 5.32 Å². The molecule has 0 saturated heterocycles. The summed E-state index contributed by atoms with van der Waals surface area (Å²) >= 11 is 12.0. The molecule has 5 rings (SSSR count). The molecule has 1 heterocycles. The number of benzene rings is 1. The Hall–Kier alpha value is -1.72. The van der Waals surface area contributed by atoms with Gasteiger partial charge in [0.05, 0.1) is 10.0 Å². The summed E-state index contributed by atoms with van der Waals surface area (Å²) in [6.07, 6.45) is 3.25. The molecule has 3 aliphatic rings. The second kappa shape index (κ2) is 6.14. The number of amides is 1. The Kier molecular flexibility index (Phi) is 3.96. The maximum absolute atomic E-state index is 14.5. The number of hydrogen-bond acceptors (Lipinski definition) is 2. The van der Waals surface area contributed by atoms with Crippen molar-refractivity contribution < 1.29 is 13.6 Å². The van der Waals surface area contributed by atoms with Crippen molar-refractivity contribution in [2.75, 3.05) is 5.32 Å². The maximum Gasteiger partial charge on any atom is 0.249 e. The largest absolute Gasteiger partial charge is 0.326 e. The van der Waals surface area contributed by atoms with E-state index in [9.17, 15) is 13.6 Å². The topological polar surface area (TPSA) is 42.0 Å². The smallest absolute Gasteiger partial charge is 0.249 e. The summed E-state index contributed by atoms with van der Waals surface area (Å²) in [5.41, 5.74) is 0.819. The molecule has 0 aliphatic heterocycles. The fraction of sp³-hybridized carbons (Fsp3) is 0.400. The van der Waals surface area contributed by atoms with Gasteiger partial charge < -0.3 is 5.32 Å². The molecule has 7 heteroatoms. The molecule has 0 unspecified atom stereocenters. The molecule has 0 spiro atoms. The zero-order chi connectivity index (χ0) is 18.9. The number of halogens is 4. The monoisotopic (exact) mass is 408 g/mol. The van der Waals surface area contributed by atoms with Crippen molar-refractivity contribution in [2.45, 2.75) is 18.8 Å². The van der Waals surface area contributed by atoms with Crippen molar-refractivity contribution in [3.63, 3.8) is 0 Å². The van der Waals surface area contributed by atoms with Gasteiger partial charge in [0.1, 0.15) is 0 Å². The summed E-state index contributed by atoms with van der Waals surface area (Å²) < 4.78 is 28.2. The second-order valence-electron chi connectivity index (χ2n) is 7.80. The van der Waals surface area contributed by atoms with E-state index in [1.54, 1.807) is 18.2 Å². The number of fused-ring (bicyclic) bond motifs is 5. The quantitative estimate of drug-likeness (QED) is 0.700. The minimum atomic E-state index is -1.11. The molecule has 3 fully saturated rings. The first kappa shape index (κ1) is 17.4. The first-order valence-corrected chi connectivity index (χ1v) is 9.77. The van der Waals surface area contributed by atoms with E-state index in [4.69, 9.17) is 23.2 Å². The molecule has 3 aliphatic carbocycles. The Morgan fingerprint density at radius 2 is 1.78 bits per heavy atom. The molecule has 1 N–H and O–H groups in total. The van der Waals surface area contributed by atoms with E-state index in [1.165, 1.54) is 12.3 Å². The lowest BCUT2D eigenvalue weighted by Crippen LogP contribution is -2.34. The second-order valence-corrected chi connectivity index (χ2v) is 8.62. The van der Waals surface area contributed by atoms with Crippen LogP contribution in [0.1, 0.15) is 24.3 Å². The molecule has 3 nitrogen and oxygen atoms in total. The summed E-state index contributed by atoms with van der Waals surface area (Å²) in [6.45, 7) is 0. The van der Waals surface area contributed by atoms with Crippen LogP contribution in [0.3, 0.4) is 0 Å². The van der Waals surface area contributed by atoms with Crippen LogP contribution in [0.15, 0.2) is 30.5 Å². The van der Waals surface area contributed by atoms with E-state index in [2.05, 4.69) is 10.3 Å². The molecule has 2 bridgehead atoms. The van der Waals surface area contributed by atoms with Crippen molar-refractivity contribution in [2.24, 2.45) is 29.6 Å². The number of carbonyl (C=O) groups is 1. The number of anilines is 1. The van der Waals surface area contributed by atoms with E-state index in [0.29, 0.717) is 27.6 Å². The fourth-order valence-corrected chi connectivity index (χ4v) is 5.81. The summed E-state index contributed by atoms with van der Waals surface area (Å²) in [4.78, 5) is 16.5. The number of hydrogen-bond donors (Lipinski definition) is 1. The number of carbonyl (C=O) groups excluding carboxylic acids is 1. The van der Waals surface area contributed by atoms with Gasteiger partial charge in [-0.1, -0.05) is 23.2 Å². The van der Waals surface area contributed by atoms with Gasteiger partial charge in [0.25, 0.3) is 0 Å². The normalized spacial score (nSPS) is 33.0. The highest BCUT2D eigenvalue weighted by Crippen LogP contribution is 2.72. The molecule has 27 heavy (non-hydrogen) atoms. The average molecular weight is 409 g/mol. The first-order valence-electron chi connectivity index (χ1n) is 9.01. The van der Waals surface area contributed by atoms with Gasteiger partial charge in [-0.3, -0.25) is 4.79 Å². The highest BCUT2D eigenvalue weighted by atomic mass is 35.5. The number of rotatable bonds is 3. The van der Waals surface area contributed by atoms with E-state index >= 15 is 0 Å². The zero-order valence-corrected chi connectivity index (χ0v) is 15.6. The standard InChI is InChI=1S/C20H16Cl2F2N2O/c21-14-2-1-8(5-15(14)22)26-20(27)17-13-7-12(10-6-11(10)13)16(17)9-3-4-25-19(24)18(9)23/h1-5,10-13,16-17H,6-7H2,(H,26,27)/t10-,11+,12-,13+,16-,17+/m1/s1. The lowest BCUT2D eigenvalue weighted by atomic mass is 9.75. The number of nitrogens with zero attached hydrogens (tertiary/aromatic N) is 1. The number of pyridine rings is 1. The van der Waals surface area contributed by atoms with Crippen molar-refractivity contribution in [3.05, 3.63) is 57.8 Å². The van der Waals surface area contributed by atoms with Gasteiger partial charge in [-0.05, 0) is 66.3 Å². The molecular weight excluding hydrogens is 393 g/mol. The van der Waals surface area contributed by atoms with E-state index in [0.717, 1.165) is 12.8 Å². The van der Waals surface area contributed by atoms with Crippen LogP contribution >= 0.6 is 23.2 Å². The predicted molar refractivity (Wildman–Crippen MR) is 98.7 cm³/mol. The Bertz CT molecular complexity index is 954. The van der Waals surface area contributed by atoms with Crippen LogP contribution in [0.5, 0.6) is 0 Å². The van der Waals surface area contributed by atoms with Crippen LogP contribution in [0.2, 0.25) is 10.0 Å². The zero-order valence-electron chi connectivity index (χ0n) is 14.1. The summed E-state index contributed by atoms with van der Waals surface area (Å²) in [5.74, 6) is -1.42. The predicted octanol–water partition coefficient (Wildman–Crippen LogP) is 5.29. The van der Waals surface area contributed by atoms with Crippen LogP contribution in [0.4, 0.5) is 14.5 Å². The minimum absolute atomic E-state index is 0.173. The van der Waals surface area contributed by atoms with Crippen LogP contribution in [0.25, 0.3) is 0 Å². The molecule has 3 saturated carbocycles. The molecule has 2 aromatic rings. The Balaban J connectivity index is 1.48. The van der Waals surface area contributed by atoms with E-state index in [1.807, 2.05) is 0 Å². The fourth-order valence-electron chi connectivity index (χ4n) is 5.51. The lowest BCUT2D eigenvalue weighted by Gasteiger charge is -2.30. The van der Waals surface area contributed by atoms with Crippen molar-refractivity contribution in [1.82, 2.24) is 4.98 Å². The average Bonchev–Trinajstić information content (AvgIpc) is 3.25. The minimum Gasteiger partial charge on any atom is -0.326 e. The van der Waals surface area contributed by atoms with Crippen molar-refractivity contribution in [3.8, 4) is 0 Å². The Morgan fingerprint density at radius 1 is 1.04 bits per heavy atom. The van der Waals surface area contributed by atoms with Crippen LogP contribution in [-0.4, -0.2) is 10.9 Å². The van der Waals surface area contributed by atoms with Crippen molar-refractivity contribution >= 4 is 34.8 Å². The first-order chi connectivity index (χ1) is 13.0. The van der Waals surface area contributed by atoms with Gasteiger partial charge in [0.2, 0.25) is 11.9 Å².